The monoisotopic (exact) mass is 364 g/mol. The van der Waals surface area contributed by atoms with Crippen molar-refractivity contribution in [1.82, 2.24) is 0 Å². The van der Waals surface area contributed by atoms with Crippen LogP contribution in [0.15, 0.2) is 73.3 Å². The minimum atomic E-state index is -0.882. The molecule has 3 aromatic carbocycles. The van der Waals surface area contributed by atoms with Crippen LogP contribution in [0.2, 0.25) is 0 Å². The molecule has 3 rings (SSSR count). The molecule has 0 radical (unpaired) electrons. The maximum Gasteiger partial charge on any atom is 0.166 e. The van der Waals surface area contributed by atoms with Crippen molar-refractivity contribution in [1.29, 1.82) is 0 Å². The van der Waals surface area contributed by atoms with Gasteiger partial charge in [0.15, 0.2) is 11.7 Å². The highest BCUT2D eigenvalue weighted by molar-refractivity contribution is 5.90. The fraction of sp³-hybridized carbons (Fsp3) is 0.167. The number of ether oxygens (including phenoxy) is 1. The average molecular weight is 364 g/mol. The van der Waals surface area contributed by atoms with E-state index in [1.54, 1.807) is 30.3 Å². The molecule has 0 fully saturated rings. The Bertz CT molecular complexity index is 971. The summed E-state index contributed by atoms with van der Waals surface area (Å²) in [5.41, 5.74) is 1.66. The van der Waals surface area contributed by atoms with Crippen LogP contribution in [0.5, 0.6) is 5.75 Å². The molecule has 0 N–H and O–H groups in total. The molecule has 0 saturated heterocycles. The zero-order valence-electron chi connectivity index (χ0n) is 15.3. The summed E-state index contributed by atoms with van der Waals surface area (Å²) < 4.78 is 34.7. The van der Waals surface area contributed by atoms with E-state index in [0.29, 0.717) is 12.4 Å². The van der Waals surface area contributed by atoms with Crippen LogP contribution in [0, 0.1) is 0 Å². The molecule has 1 nitrogen and oxygen atoms in total. The van der Waals surface area contributed by atoms with Crippen molar-refractivity contribution in [2.24, 2.45) is 0 Å². The zero-order chi connectivity index (χ0) is 19.2. The van der Waals surface area contributed by atoms with Crippen LogP contribution in [0.25, 0.3) is 22.4 Å². The molecule has 0 aliphatic heterocycles. The van der Waals surface area contributed by atoms with Gasteiger partial charge in [-0.15, -0.1) is 0 Å². The molecule has 0 aromatic heterocycles. The Hall–Kier alpha value is -2.94. The standard InChI is InChI=1S/C24H22F2O/c1-3-5-17-6-7-20-16-21(9-8-19(20)15-17)24(26)23(25)18-10-12-22(13-11-18)27-14-4-2/h4,6-13,15-16H,2-3,5,14H2,1H3. The number of aryl methyl sites for hydroxylation is 1. The molecule has 138 valence electrons. The minimum absolute atomic E-state index is 0.178. The van der Waals surface area contributed by atoms with Crippen molar-refractivity contribution < 1.29 is 13.5 Å². The lowest BCUT2D eigenvalue weighted by Gasteiger charge is -2.07. The summed E-state index contributed by atoms with van der Waals surface area (Å²) in [6.45, 7) is 6.07. The van der Waals surface area contributed by atoms with Gasteiger partial charge in [-0.3, -0.25) is 0 Å². The first-order valence-corrected chi connectivity index (χ1v) is 9.05. The summed E-state index contributed by atoms with van der Waals surface area (Å²) >= 11 is 0. The maximum atomic E-state index is 14.7. The third kappa shape index (κ3) is 4.43. The van der Waals surface area contributed by atoms with E-state index in [1.807, 2.05) is 18.2 Å². The van der Waals surface area contributed by atoms with Crippen molar-refractivity contribution in [3.8, 4) is 5.75 Å². The van der Waals surface area contributed by atoms with Crippen molar-refractivity contribution in [3.63, 3.8) is 0 Å². The molecule has 0 heterocycles. The van der Waals surface area contributed by atoms with Gasteiger partial charge < -0.3 is 4.74 Å². The minimum Gasteiger partial charge on any atom is -0.490 e. The van der Waals surface area contributed by atoms with E-state index in [1.165, 1.54) is 17.7 Å². The van der Waals surface area contributed by atoms with Gasteiger partial charge in [-0.2, -0.15) is 0 Å². The zero-order valence-corrected chi connectivity index (χ0v) is 15.3. The molecule has 0 bridgehead atoms. The van der Waals surface area contributed by atoms with E-state index >= 15 is 0 Å². The molecule has 3 aromatic rings. The normalized spacial score (nSPS) is 12.0. The highest BCUT2D eigenvalue weighted by atomic mass is 19.2. The van der Waals surface area contributed by atoms with Crippen molar-refractivity contribution in [3.05, 3.63) is 90.0 Å². The fourth-order valence-electron chi connectivity index (χ4n) is 2.98. The Morgan fingerprint density at radius 1 is 0.889 bits per heavy atom. The molecular weight excluding hydrogens is 342 g/mol. The lowest BCUT2D eigenvalue weighted by molar-refractivity contribution is 0.363. The van der Waals surface area contributed by atoms with E-state index in [0.717, 1.165) is 23.6 Å². The van der Waals surface area contributed by atoms with Crippen LogP contribution in [0.3, 0.4) is 0 Å². The fourth-order valence-corrected chi connectivity index (χ4v) is 2.98. The molecule has 0 amide bonds. The number of hydrogen-bond donors (Lipinski definition) is 0. The second kappa shape index (κ2) is 8.63. The topological polar surface area (TPSA) is 9.23 Å². The van der Waals surface area contributed by atoms with Gasteiger partial charge in [-0.05, 0) is 53.1 Å². The van der Waals surface area contributed by atoms with E-state index in [4.69, 9.17) is 4.74 Å². The lowest BCUT2D eigenvalue weighted by atomic mass is 10.0. The first-order valence-electron chi connectivity index (χ1n) is 9.05. The molecule has 3 heteroatoms. The second-order valence-corrected chi connectivity index (χ2v) is 6.40. The third-order valence-electron chi connectivity index (χ3n) is 4.37. The summed E-state index contributed by atoms with van der Waals surface area (Å²) in [7, 11) is 0. The predicted molar refractivity (Wildman–Crippen MR) is 109 cm³/mol. The molecule has 0 aliphatic rings. The first kappa shape index (κ1) is 18.8. The SMILES string of the molecule is C=CCOc1ccc(C(F)=C(F)c2ccc3cc(CCC)ccc3c2)cc1. The maximum absolute atomic E-state index is 14.7. The van der Waals surface area contributed by atoms with E-state index in [-0.39, 0.29) is 11.1 Å². The summed E-state index contributed by atoms with van der Waals surface area (Å²) in [5.74, 6) is -1.16. The van der Waals surface area contributed by atoms with Gasteiger partial charge >= 0.3 is 0 Å². The number of benzene rings is 3. The molecule has 0 saturated carbocycles. The van der Waals surface area contributed by atoms with Crippen LogP contribution in [0.1, 0.15) is 30.0 Å². The Morgan fingerprint density at radius 3 is 2.22 bits per heavy atom. The molecule has 27 heavy (non-hydrogen) atoms. The molecule has 0 spiro atoms. The Morgan fingerprint density at radius 2 is 1.52 bits per heavy atom. The third-order valence-corrected chi connectivity index (χ3v) is 4.37. The van der Waals surface area contributed by atoms with E-state index in [2.05, 4.69) is 19.6 Å². The number of rotatable bonds is 7. The highest BCUT2D eigenvalue weighted by Crippen LogP contribution is 2.31. The van der Waals surface area contributed by atoms with Crippen LogP contribution in [-0.2, 0) is 6.42 Å². The average Bonchev–Trinajstić information content (AvgIpc) is 2.71. The van der Waals surface area contributed by atoms with Gasteiger partial charge in [0.1, 0.15) is 12.4 Å². The summed E-state index contributed by atoms with van der Waals surface area (Å²) in [6.07, 6.45) is 3.70. The molecule has 0 atom stereocenters. The second-order valence-electron chi connectivity index (χ2n) is 6.40. The number of halogens is 2. The largest absolute Gasteiger partial charge is 0.490 e. The van der Waals surface area contributed by atoms with Crippen LogP contribution in [0.4, 0.5) is 8.78 Å². The van der Waals surface area contributed by atoms with Crippen molar-refractivity contribution in [2.45, 2.75) is 19.8 Å². The Balaban J connectivity index is 1.89. The van der Waals surface area contributed by atoms with Gasteiger partial charge in [0.25, 0.3) is 0 Å². The lowest BCUT2D eigenvalue weighted by Crippen LogP contribution is -1.92. The van der Waals surface area contributed by atoms with Crippen LogP contribution < -0.4 is 4.74 Å². The van der Waals surface area contributed by atoms with E-state index in [9.17, 15) is 8.78 Å². The van der Waals surface area contributed by atoms with Gasteiger partial charge in [0.2, 0.25) is 0 Å². The first-order chi connectivity index (χ1) is 13.1. The molecule has 0 unspecified atom stereocenters. The Labute approximate surface area is 158 Å². The summed E-state index contributed by atoms with van der Waals surface area (Å²) in [4.78, 5) is 0. The summed E-state index contributed by atoms with van der Waals surface area (Å²) in [6, 6.07) is 17.5. The van der Waals surface area contributed by atoms with Gasteiger partial charge in [-0.25, -0.2) is 8.78 Å². The van der Waals surface area contributed by atoms with Crippen LogP contribution in [-0.4, -0.2) is 6.61 Å². The Kier molecular flexibility index (Phi) is 6.02. The summed E-state index contributed by atoms with van der Waals surface area (Å²) in [5, 5.41) is 1.92. The van der Waals surface area contributed by atoms with E-state index < -0.39 is 11.7 Å². The van der Waals surface area contributed by atoms with Crippen LogP contribution >= 0.6 is 0 Å². The quantitative estimate of drug-likeness (QED) is 0.320. The number of fused-ring (bicyclic) bond motifs is 1. The smallest absolute Gasteiger partial charge is 0.166 e. The van der Waals surface area contributed by atoms with Crippen molar-refractivity contribution in [2.75, 3.05) is 6.61 Å². The van der Waals surface area contributed by atoms with Gasteiger partial charge in [0.05, 0.1) is 0 Å². The van der Waals surface area contributed by atoms with Gasteiger partial charge in [0, 0.05) is 11.1 Å². The van der Waals surface area contributed by atoms with Gasteiger partial charge in [-0.1, -0.05) is 56.3 Å². The predicted octanol–water partition coefficient (Wildman–Crippen LogP) is 7.12. The highest BCUT2D eigenvalue weighted by Gasteiger charge is 2.12. The number of hydrogen-bond acceptors (Lipinski definition) is 1. The molecular formula is C24H22F2O. The molecule has 0 aliphatic carbocycles. The van der Waals surface area contributed by atoms with Crippen molar-refractivity contribution >= 4 is 22.4 Å².